The van der Waals surface area contributed by atoms with Crippen molar-refractivity contribution in [1.82, 2.24) is 4.90 Å². The summed E-state index contributed by atoms with van der Waals surface area (Å²) in [6.45, 7) is -2.77. The van der Waals surface area contributed by atoms with Gasteiger partial charge in [0.1, 0.15) is 30.3 Å². The van der Waals surface area contributed by atoms with Crippen LogP contribution in [0, 0.1) is 26.1 Å². The molecule has 0 saturated carbocycles. The van der Waals surface area contributed by atoms with E-state index in [1.165, 1.54) is 65.6 Å². The van der Waals surface area contributed by atoms with E-state index in [0.717, 1.165) is 6.92 Å². The second-order valence-corrected chi connectivity index (χ2v) is 17.7. The molecule has 5 aromatic carbocycles. The van der Waals surface area contributed by atoms with Crippen LogP contribution in [0.5, 0.6) is 0 Å². The summed E-state index contributed by atoms with van der Waals surface area (Å²) in [5.41, 5.74) is 0.632. The Morgan fingerprint density at radius 2 is 1.15 bits per heavy atom. The number of amides is 1. The van der Waals surface area contributed by atoms with Gasteiger partial charge in [0.15, 0.2) is 6.10 Å². The number of rotatable bonds is 15. The molecule has 17 heteroatoms. The molecule has 7 rings (SSSR count). The maximum absolute atomic E-state index is 15.0. The average Bonchev–Trinajstić information content (AvgIpc) is 3.79. The third kappa shape index (κ3) is 8.64. The van der Waals surface area contributed by atoms with Gasteiger partial charge in [0.25, 0.3) is 11.4 Å². The van der Waals surface area contributed by atoms with Gasteiger partial charge in [-0.15, -0.1) is 0 Å². The van der Waals surface area contributed by atoms with Gasteiger partial charge in [-0.3, -0.25) is 34.7 Å². The molecule has 0 bridgehead atoms. The van der Waals surface area contributed by atoms with E-state index in [4.69, 9.17) is 31.3 Å². The molecule has 1 amide bonds. The predicted octanol–water partition coefficient (Wildman–Crippen LogP) is 6.64. The molecule has 1 saturated heterocycles. The number of β-lactam (4-membered cyclic amide) rings is 1. The van der Waals surface area contributed by atoms with Crippen molar-refractivity contribution in [2.24, 2.45) is 5.92 Å². The zero-order valence-electron chi connectivity index (χ0n) is 32.7. The molecule has 3 unspecified atom stereocenters. The van der Waals surface area contributed by atoms with Crippen LogP contribution >= 0.6 is 19.5 Å². The first kappa shape index (κ1) is 42.8. The maximum Gasteiger partial charge on any atom is 0.374 e. The van der Waals surface area contributed by atoms with E-state index in [-0.39, 0.29) is 41.5 Å². The Balaban J connectivity index is 1.30. The maximum atomic E-state index is 15.0. The molecule has 6 aromatic rings. The minimum atomic E-state index is -3.38. The summed E-state index contributed by atoms with van der Waals surface area (Å²) in [4.78, 5) is 78.2. The first-order chi connectivity index (χ1) is 29.9. The number of benzene rings is 5. The van der Waals surface area contributed by atoms with E-state index in [9.17, 15) is 34.6 Å². The zero-order valence-corrected chi connectivity index (χ0v) is 34.5. The topological polar surface area (TPSA) is 199 Å². The number of ether oxygens (including phenoxy) is 3. The van der Waals surface area contributed by atoms with Gasteiger partial charge in [-0.1, -0.05) is 91.0 Å². The number of non-ortho nitro benzene ring substituents is 2. The monoisotopic (exact) mass is 873 g/mol. The standard InChI is InChI=1S/C45H36N3O12PS/c1-29(49)59-40(37-25-26-38(60-37)44(51)57-27-30-17-21-32(22-18-30)47(53)54)39-41(50)46(43(39)62)42(45(52)58-28-31-19-23-33(24-20-31)48(55)56)61(34-11-5-2-6-12-34,35-13-7-3-8-14-35)36-15-9-4-10-16-36/h2-26,39-40,43,62H,27-28H2,1H3. The van der Waals surface area contributed by atoms with Crippen molar-refractivity contribution in [3.63, 3.8) is 0 Å². The largest absolute Gasteiger partial charge is 0.456 e. The van der Waals surface area contributed by atoms with Crippen molar-refractivity contribution in [1.29, 1.82) is 0 Å². The molecule has 15 nitrogen and oxygen atoms in total. The van der Waals surface area contributed by atoms with E-state index in [2.05, 4.69) is 0 Å². The highest BCUT2D eigenvalue weighted by atomic mass is 32.1. The molecule has 62 heavy (non-hydrogen) atoms. The molecule has 1 aromatic heterocycles. The summed E-state index contributed by atoms with van der Waals surface area (Å²) in [5.74, 6) is -4.77. The van der Waals surface area contributed by atoms with Gasteiger partial charge in [0.05, 0.1) is 15.2 Å². The fourth-order valence-corrected chi connectivity index (χ4v) is 12.1. The second kappa shape index (κ2) is 18.5. The Morgan fingerprint density at radius 3 is 1.56 bits per heavy atom. The lowest BCUT2D eigenvalue weighted by Gasteiger charge is -2.49. The van der Waals surface area contributed by atoms with E-state index < -0.39 is 57.9 Å². The summed E-state index contributed by atoms with van der Waals surface area (Å²) in [6.07, 6.45) is -1.41. The Morgan fingerprint density at radius 1 is 0.694 bits per heavy atom. The molecule has 314 valence electrons. The van der Waals surface area contributed by atoms with E-state index in [0.29, 0.717) is 27.0 Å². The number of carbonyl (C=O) groups excluding carboxylic acids is 4. The van der Waals surface area contributed by atoms with Crippen LogP contribution < -0.4 is 15.9 Å². The summed E-state index contributed by atoms with van der Waals surface area (Å²) in [6, 6.07) is 41.4. The summed E-state index contributed by atoms with van der Waals surface area (Å²) in [5, 5.41) is 23.3. The number of thiol groups is 1. The molecular formula is C45H36N3O12PS. The van der Waals surface area contributed by atoms with Gasteiger partial charge in [-0.25, -0.2) is 9.59 Å². The third-order valence-electron chi connectivity index (χ3n) is 10.0. The van der Waals surface area contributed by atoms with Crippen molar-refractivity contribution in [3.8, 4) is 0 Å². The van der Waals surface area contributed by atoms with Gasteiger partial charge in [-0.05, 0) is 63.4 Å². The second-order valence-electron chi connectivity index (χ2n) is 13.9. The van der Waals surface area contributed by atoms with Gasteiger partial charge < -0.3 is 18.6 Å². The normalized spacial score (nSPS) is 15.1. The molecule has 1 aliphatic rings. The van der Waals surface area contributed by atoms with E-state index in [1.54, 1.807) is 0 Å². The molecule has 1 fully saturated rings. The van der Waals surface area contributed by atoms with Crippen LogP contribution in [0.25, 0.3) is 0 Å². The quantitative estimate of drug-likeness (QED) is 0.0220. The van der Waals surface area contributed by atoms with Crippen LogP contribution in [0.1, 0.15) is 40.5 Å². The fourth-order valence-electron chi connectivity index (χ4n) is 7.14. The van der Waals surface area contributed by atoms with Crippen LogP contribution in [-0.4, -0.2) is 49.4 Å². The number of nitro groups is 2. The van der Waals surface area contributed by atoms with Crippen molar-refractivity contribution in [3.05, 3.63) is 195 Å². The highest BCUT2D eigenvalue weighted by Crippen LogP contribution is 2.51. The summed E-state index contributed by atoms with van der Waals surface area (Å²) < 4.78 is 22.9. The van der Waals surface area contributed by atoms with Crippen LogP contribution in [0.3, 0.4) is 0 Å². The summed E-state index contributed by atoms with van der Waals surface area (Å²) in [7, 11) is 0. The molecule has 2 heterocycles. The lowest BCUT2D eigenvalue weighted by molar-refractivity contribution is -0.385. The van der Waals surface area contributed by atoms with Crippen molar-refractivity contribution in [2.45, 2.75) is 31.6 Å². The predicted molar refractivity (Wildman–Crippen MR) is 232 cm³/mol. The molecule has 0 radical (unpaired) electrons. The Labute approximate surface area is 359 Å². The van der Waals surface area contributed by atoms with Crippen LogP contribution in [0.2, 0.25) is 0 Å². The van der Waals surface area contributed by atoms with Crippen LogP contribution in [0.15, 0.2) is 156 Å². The molecule has 0 aliphatic carbocycles. The van der Waals surface area contributed by atoms with Crippen molar-refractivity contribution in [2.75, 3.05) is 0 Å². The number of hydrogen-bond donors (Lipinski definition) is 1. The number of nitrogens with zero attached hydrogens (tertiary/aromatic N) is 3. The minimum absolute atomic E-state index is 0.0270. The zero-order chi connectivity index (χ0) is 44.0. The number of furan rings is 1. The van der Waals surface area contributed by atoms with E-state index >= 15 is 4.79 Å². The van der Waals surface area contributed by atoms with Gasteiger partial charge in [0.2, 0.25) is 11.7 Å². The lowest BCUT2D eigenvalue weighted by Crippen LogP contribution is -2.65. The third-order valence-corrected chi connectivity index (χ3v) is 14.8. The SMILES string of the molecule is CC(=O)OC(c1ccc(C(=O)OCc2ccc([N+](=O)[O-])cc2)o1)C1C(=O)N(C(C(=O)OCc2ccc([N+](=O)[O-])cc2)=P(c2ccccc2)(c2ccccc2)c2ccccc2)C1S. The summed E-state index contributed by atoms with van der Waals surface area (Å²) >= 11 is 4.92. The molecular weight excluding hydrogens is 838 g/mol. The number of esters is 3. The molecule has 3 atom stereocenters. The van der Waals surface area contributed by atoms with E-state index in [1.807, 2.05) is 91.0 Å². The van der Waals surface area contributed by atoms with Crippen molar-refractivity contribution < 1.29 is 47.7 Å². The Kier molecular flexibility index (Phi) is 12.8. The number of hydrogen-bond acceptors (Lipinski definition) is 13. The molecule has 1 aliphatic heterocycles. The van der Waals surface area contributed by atoms with Crippen LogP contribution in [-0.2, 0) is 41.8 Å². The fraction of sp³-hybridized carbons (Fsp3) is 0.133. The van der Waals surface area contributed by atoms with Crippen molar-refractivity contribution >= 4 is 76.0 Å². The Hall–Kier alpha value is -7.29. The van der Waals surface area contributed by atoms with Crippen LogP contribution in [0.4, 0.5) is 11.4 Å². The Bertz CT molecular complexity index is 2590. The number of carbonyl (C=O) groups is 4. The number of likely N-dealkylation sites (tertiary alicyclic amines) is 1. The highest BCUT2D eigenvalue weighted by Gasteiger charge is 2.57. The first-order valence-corrected chi connectivity index (χ1v) is 21.2. The highest BCUT2D eigenvalue weighted by molar-refractivity contribution is 7.96. The molecule has 0 N–H and O–H groups in total. The lowest BCUT2D eigenvalue weighted by atomic mass is 9.90. The average molecular weight is 874 g/mol. The smallest absolute Gasteiger partial charge is 0.374 e. The van der Waals surface area contributed by atoms with Gasteiger partial charge in [0, 0.05) is 38.1 Å². The molecule has 0 spiro atoms. The minimum Gasteiger partial charge on any atom is -0.456 e. The van der Waals surface area contributed by atoms with Gasteiger partial charge >= 0.3 is 17.9 Å². The first-order valence-electron chi connectivity index (χ1n) is 18.9. The van der Waals surface area contributed by atoms with Gasteiger partial charge in [-0.2, -0.15) is 12.6 Å². The number of nitro benzene ring substituents is 2.